The molecule has 1 aromatic heterocycles. The fourth-order valence-electron chi connectivity index (χ4n) is 2.56. The third-order valence-electron chi connectivity index (χ3n) is 3.48. The van der Waals surface area contributed by atoms with Crippen LogP contribution in [0, 0.1) is 8.78 Å². The first-order valence-corrected chi connectivity index (χ1v) is 7.35. The third kappa shape index (κ3) is 2.00. The zero-order valence-corrected chi connectivity index (χ0v) is 12.2. The summed E-state index contributed by atoms with van der Waals surface area (Å²) < 4.78 is 2.12. The fourth-order valence-corrected chi connectivity index (χ4v) is 3.64. The molecule has 0 aliphatic heterocycles. The predicted octanol–water partition coefficient (Wildman–Crippen LogP) is 4.04. The minimum absolute atomic E-state index is 0.856. The molecule has 0 atom stereocenters. The van der Waals surface area contributed by atoms with Crippen molar-refractivity contribution in [2.75, 3.05) is 0 Å². The molecule has 92 valence electrons. The Morgan fingerprint density at radius 3 is 2.78 bits per heavy atom. The second-order valence-electron chi connectivity index (χ2n) is 4.68. The molecule has 0 fully saturated rings. The van der Waals surface area contributed by atoms with Crippen molar-refractivity contribution in [3.8, 4) is 0 Å². The number of benzene rings is 1. The standard InChI is InChI=1S/C15H14INO/c16-14-13-9-5-4-8-12(13)10-17(18)15(14)11-6-2-1-3-7-11/h4-6,8-10H,1-3,7H2. The molecule has 2 aromatic rings. The highest BCUT2D eigenvalue weighted by molar-refractivity contribution is 14.1. The van der Waals surface area contributed by atoms with Gasteiger partial charge in [0.25, 0.3) is 0 Å². The van der Waals surface area contributed by atoms with E-state index < -0.39 is 0 Å². The smallest absolute Gasteiger partial charge is 0.233 e. The Kier molecular flexibility index (Phi) is 3.24. The van der Waals surface area contributed by atoms with Gasteiger partial charge in [-0.1, -0.05) is 24.3 Å². The van der Waals surface area contributed by atoms with Crippen LogP contribution >= 0.6 is 22.6 Å². The van der Waals surface area contributed by atoms with Crippen molar-refractivity contribution in [2.24, 2.45) is 0 Å². The molecule has 18 heavy (non-hydrogen) atoms. The lowest BCUT2D eigenvalue weighted by Crippen LogP contribution is -2.32. The van der Waals surface area contributed by atoms with E-state index in [-0.39, 0.29) is 0 Å². The molecule has 3 rings (SSSR count). The van der Waals surface area contributed by atoms with Crippen molar-refractivity contribution in [3.05, 3.63) is 51.0 Å². The molecule has 0 bridgehead atoms. The van der Waals surface area contributed by atoms with Gasteiger partial charge in [0.15, 0.2) is 6.20 Å². The van der Waals surface area contributed by atoms with Gasteiger partial charge < -0.3 is 5.21 Å². The molecule has 0 unspecified atom stereocenters. The SMILES string of the molecule is [O-][n+]1cc2ccccc2c(I)c1C1=CCCCC1. The molecule has 3 heteroatoms. The van der Waals surface area contributed by atoms with E-state index in [0.29, 0.717) is 0 Å². The Morgan fingerprint density at radius 1 is 1.17 bits per heavy atom. The van der Waals surface area contributed by atoms with Crippen LogP contribution < -0.4 is 4.73 Å². The number of nitrogens with zero attached hydrogens (tertiary/aromatic N) is 1. The fraction of sp³-hybridized carbons (Fsp3) is 0.267. The Bertz CT molecular complexity index is 634. The maximum absolute atomic E-state index is 12.2. The highest BCUT2D eigenvalue weighted by Gasteiger charge is 2.20. The Labute approximate surface area is 120 Å². The van der Waals surface area contributed by atoms with Crippen molar-refractivity contribution in [3.63, 3.8) is 0 Å². The summed E-state index contributed by atoms with van der Waals surface area (Å²) in [5.41, 5.74) is 2.07. The molecule has 2 nitrogen and oxygen atoms in total. The van der Waals surface area contributed by atoms with Crippen LogP contribution in [0.1, 0.15) is 31.4 Å². The van der Waals surface area contributed by atoms with Gasteiger partial charge in [0.2, 0.25) is 5.69 Å². The van der Waals surface area contributed by atoms with Crippen LogP contribution in [-0.2, 0) is 0 Å². The van der Waals surface area contributed by atoms with Gasteiger partial charge in [0.1, 0.15) is 0 Å². The highest BCUT2D eigenvalue weighted by atomic mass is 127. The van der Waals surface area contributed by atoms with Gasteiger partial charge in [-0.2, -0.15) is 4.73 Å². The van der Waals surface area contributed by atoms with Gasteiger partial charge in [0.05, 0.1) is 3.57 Å². The molecule has 1 aliphatic carbocycles. The van der Waals surface area contributed by atoms with E-state index in [1.165, 1.54) is 23.8 Å². The van der Waals surface area contributed by atoms with Crippen molar-refractivity contribution >= 4 is 38.9 Å². The summed E-state index contributed by atoms with van der Waals surface area (Å²) in [6.07, 6.45) is 8.47. The zero-order chi connectivity index (χ0) is 12.5. The normalized spacial score (nSPS) is 15.7. The van der Waals surface area contributed by atoms with Crippen molar-refractivity contribution in [1.82, 2.24) is 0 Å². The molecule has 0 saturated heterocycles. The van der Waals surface area contributed by atoms with E-state index >= 15 is 0 Å². The van der Waals surface area contributed by atoms with Gasteiger partial charge in [-0.05, 0) is 54.3 Å². The van der Waals surface area contributed by atoms with Crippen LogP contribution in [-0.4, -0.2) is 0 Å². The summed E-state index contributed by atoms with van der Waals surface area (Å²) in [6, 6.07) is 8.07. The number of rotatable bonds is 1. The molecule has 1 aromatic carbocycles. The number of hydrogen-bond donors (Lipinski definition) is 0. The van der Waals surface area contributed by atoms with E-state index in [0.717, 1.165) is 32.2 Å². The van der Waals surface area contributed by atoms with Crippen LogP contribution in [0.15, 0.2) is 36.5 Å². The summed E-state index contributed by atoms with van der Waals surface area (Å²) in [7, 11) is 0. The van der Waals surface area contributed by atoms with Crippen LogP contribution in [0.3, 0.4) is 0 Å². The summed E-state index contributed by atoms with van der Waals surface area (Å²) in [4.78, 5) is 0. The average Bonchev–Trinajstić information content (AvgIpc) is 2.40. The molecule has 0 N–H and O–H groups in total. The largest absolute Gasteiger partial charge is 0.618 e. The van der Waals surface area contributed by atoms with E-state index in [4.69, 9.17) is 0 Å². The maximum atomic E-state index is 12.2. The molecule has 0 saturated carbocycles. The lowest BCUT2D eigenvalue weighted by atomic mass is 9.96. The second kappa shape index (κ2) is 4.88. The minimum atomic E-state index is 0.856. The first-order valence-electron chi connectivity index (χ1n) is 6.27. The first kappa shape index (κ1) is 12.0. The number of pyridine rings is 1. The Morgan fingerprint density at radius 2 is 2.00 bits per heavy atom. The average molecular weight is 351 g/mol. The van der Waals surface area contributed by atoms with Crippen molar-refractivity contribution in [2.45, 2.75) is 25.7 Å². The summed E-state index contributed by atoms with van der Waals surface area (Å²) in [6.45, 7) is 0. The molecular weight excluding hydrogens is 337 g/mol. The molecule has 1 heterocycles. The Balaban J connectivity index is 2.25. The lowest BCUT2D eigenvalue weighted by molar-refractivity contribution is -0.607. The van der Waals surface area contributed by atoms with Crippen LogP contribution in [0.4, 0.5) is 0 Å². The Hall–Kier alpha value is -1.10. The molecule has 0 radical (unpaired) electrons. The van der Waals surface area contributed by atoms with E-state index in [9.17, 15) is 5.21 Å². The van der Waals surface area contributed by atoms with Crippen LogP contribution in [0.25, 0.3) is 16.3 Å². The highest BCUT2D eigenvalue weighted by Crippen LogP contribution is 2.30. The first-order chi connectivity index (χ1) is 8.77. The summed E-state index contributed by atoms with van der Waals surface area (Å²) in [5, 5.41) is 14.4. The third-order valence-corrected chi connectivity index (χ3v) is 4.57. The number of halogens is 1. The van der Waals surface area contributed by atoms with Crippen LogP contribution in [0.5, 0.6) is 0 Å². The van der Waals surface area contributed by atoms with Crippen molar-refractivity contribution in [1.29, 1.82) is 0 Å². The molecule has 0 spiro atoms. The van der Waals surface area contributed by atoms with Crippen molar-refractivity contribution < 1.29 is 4.73 Å². The van der Waals surface area contributed by atoms with Gasteiger partial charge >= 0.3 is 0 Å². The molecule has 0 amide bonds. The molecular formula is C15H14INO. The van der Waals surface area contributed by atoms with E-state index in [1.807, 2.05) is 18.2 Å². The topological polar surface area (TPSA) is 26.9 Å². The quantitative estimate of drug-likeness (QED) is 0.433. The number of aromatic nitrogens is 1. The lowest BCUT2D eigenvalue weighted by Gasteiger charge is -2.15. The van der Waals surface area contributed by atoms with Gasteiger partial charge in [0, 0.05) is 16.3 Å². The van der Waals surface area contributed by atoms with Gasteiger partial charge in [-0.15, -0.1) is 0 Å². The number of hydrogen-bond acceptors (Lipinski definition) is 1. The summed E-state index contributed by atoms with van der Waals surface area (Å²) >= 11 is 2.30. The van der Waals surface area contributed by atoms with E-state index in [2.05, 4.69) is 34.7 Å². The number of allylic oxidation sites excluding steroid dienone is 2. The van der Waals surface area contributed by atoms with Crippen LogP contribution in [0.2, 0.25) is 0 Å². The minimum Gasteiger partial charge on any atom is -0.618 e. The van der Waals surface area contributed by atoms with E-state index in [1.54, 1.807) is 6.20 Å². The predicted molar refractivity (Wildman–Crippen MR) is 82.1 cm³/mol. The monoisotopic (exact) mass is 351 g/mol. The maximum Gasteiger partial charge on any atom is 0.233 e. The summed E-state index contributed by atoms with van der Waals surface area (Å²) in [5.74, 6) is 0. The second-order valence-corrected chi connectivity index (χ2v) is 5.76. The molecule has 1 aliphatic rings. The van der Waals surface area contributed by atoms with Gasteiger partial charge in [-0.25, -0.2) is 0 Å². The zero-order valence-electron chi connectivity index (χ0n) is 10.0. The number of fused-ring (bicyclic) bond motifs is 1. The van der Waals surface area contributed by atoms with Gasteiger partial charge in [-0.3, -0.25) is 0 Å².